The monoisotopic (exact) mass is 179 g/mol. The van der Waals surface area contributed by atoms with Crippen molar-refractivity contribution in [1.82, 2.24) is 9.80 Å². The van der Waals surface area contributed by atoms with E-state index in [9.17, 15) is 0 Å². The van der Waals surface area contributed by atoms with Gasteiger partial charge >= 0.3 is 0 Å². The molecule has 1 heterocycles. The van der Waals surface area contributed by atoms with Crippen LogP contribution in [0, 0.1) is 11.3 Å². The minimum Gasteiger partial charge on any atom is -0.300 e. The summed E-state index contributed by atoms with van der Waals surface area (Å²) in [7, 11) is 2.13. The average Bonchev–Trinajstić information content (AvgIpc) is 2.92. The predicted molar refractivity (Wildman–Crippen MR) is 51.2 cm³/mol. The summed E-state index contributed by atoms with van der Waals surface area (Å²) in [5, 5.41) is 8.68. The second kappa shape index (κ2) is 3.65. The Balaban J connectivity index is 1.89. The third kappa shape index (κ3) is 2.01. The highest BCUT2D eigenvalue weighted by Gasteiger charge is 2.34. The third-order valence-corrected chi connectivity index (χ3v) is 3.20. The van der Waals surface area contributed by atoms with Crippen molar-refractivity contribution in [1.29, 1.82) is 5.26 Å². The Morgan fingerprint density at radius 2 is 2.15 bits per heavy atom. The fourth-order valence-corrected chi connectivity index (χ4v) is 2.07. The summed E-state index contributed by atoms with van der Waals surface area (Å²) >= 11 is 0. The fourth-order valence-electron chi connectivity index (χ4n) is 2.07. The predicted octanol–water partition coefficient (Wildman–Crippen LogP) is 0.678. The lowest BCUT2D eigenvalue weighted by Gasteiger charge is -2.38. The zero-order chi connectivity index (χ0) is 9.26. The highest BCUT2D eigenvalue weighted by atomic mass is 15.3. The van der Waals surface area contributed by atoms with Crippen molar-refractivity contribution >= 4 is 0 Å². The zero-order valence-corrected chi connectivity index (χ0v) is 8.24. The smallest absolute Gasteiger partial charge is 0.0638 e. The van der Waals surface area contributed by atoms with Gasteiger partial charge in [-0.3, -0.25) is 9.80 Å². The molecule has 0 aromatic rings. The molecule has 0 radical (unpaired) electrons. The molecule has 3 nitrogen and oxygen atoms in total. The van der Waals surface area contributed by atoms with Crippen molar-refractivity contribution in [2.45, 2.75) is 31.3 Å². The molecule has 1 aliphatic carbocycles. The van der Waals surface area contributed by atoms with Gasteiger partial charge in [-0.2, -0.15) is 5.26 Å². The normalized spacial score (nSPS) is 31.5. The molecule has 0 bridgehead atoms. The second-order valence-electron chi connectivity index (χ2n) is 4.22. The van der Waals surface area contributed by atoms with Crippen molar-refractivity contribution in [3.8, 4) is 6.07 Å². The molecule has 2 aliphatic rings. The van der Waals surface area contributed by atoms with Gasteiger partial charge in [-0.25, -0.2) is 0 Å². The molecule has 0 spiro atoms. The van der Waals surface area contributed by atoms with E-state index in [0.29, 0.717) is 12.5 Å². The largest absolute Gasteiger partial charge is 0.300 e. The van der Waals surface area contributed by atoms with Crippen LogP contribution in [0.3, 0.4) is 0 Å². The van der Waals surface area contributed by atoms with Gasteiger partial charge in [-0.05, 0) is 19.9 Å². The molecular weight excluding hydrogens is 162 g/mol. The number of likely N-dealkylation sites (N-methyl/N-ethyl adjacent to an activating group) is 1. The molecule has 1 saturated heterocycles. The molecule has 2 fully saturated rings. The van der Waals surface area contributed by atoms with Gasteiger partial charge in [0.25, 0.3) is 0 Å². The molecule has 3 heteroatoms. The van der Waals surface area contributed by atoms with Gasteiger partial charge in [0.15, 0.2) is 0 Å². The van der Waals surface area contributed by atoms with Gasteiger partial charge in [0.05, 0.1) is 12.5 Å². The quantitative estimate of drug-likeness (QED) is 0.624. The van der Waals surface area contributed by atoms with E-state index < -0.39 is 0 Å². The van der Waals surface area contributed by atoms with Crippen LogP contribution in [0.1, 0.15) is 19.3 Å². The van der Waals surface area contributed by atoms with Crippen LogP contribution < -0.4 is 0 Å². The minimum absolute atomic E-state index is 0.472. The van der Waals surface area contributed by atoms with Crippen LogP contribution >= 0.6 is 0 Å². The maximum absolute atomic E-state index is 8.68. The van der Waals surface area contributed by atoms with Crippen LogP contribution in [-0.4, -0.2) is 48.6 Å². The van der Waals surface area contributed by atoms with E-state index in [-0.39, 0.29) is 0 Å². The van der Waals surface area contributed by atoms with Gasteiger partial charge in [0, 0.05) is 31.7 Å². The van der Waals surface area contributed by atoms with Gasteiger partial charge in [-0.1, -0.05) is 0 Å². The Bertz CT molecular complexity index is 217. The van der Waals surface area contributed by atoms with Crippen LogP contribution in [0.5, 0.6) is 0 Å². The van der Waals surface area contributed by atoms with Crippen LogP contribution in [0.2, 0.25) is 0 Å². The van der Waals surface area contributed by atoms with Gasteiger partial charge in [-0.15, -0.1) is 0 Å². The van der Waals surface area contributed by atoms with Crippen LogP contribution in [0.25, 0.3) is 0 Å². The number of hydrogen-bond donors (Lipinski definition) is 0. The van der Waals surface area contributed by atoms with Crippen molar-refractivity contribution in [2.24, 2.45) is 0 Å². The number of hydrogen-bond acceptors (Lipinski definition) is 3. The zero-order valence-electron chi connectivity index (χ0n) is 8.24. The molecule has 1 atom stereocenters. The van der Waals surface area contributed by atoms with E-state index in [1.54, 1.807) is 0 Å². The Kier molecular flexibility index (Phi) is 2.52. The minimum atomic E-state index is 0.472. The lowest BCUT2D eigenvalue weighted by Crippen LogP contribution is -2.51. The van der Waals surface area contributed by atoms with Crippen LogP contribution in [-0.2, 0) is 0 Å². The van der Waals surface area contributed by atoms with Crippen molar-refractivity contribution < 1.29 is 0 Å². The summed E-state index contributed by atoms with van der Waals surface area (Å²) in [6.07, 6.45) is 3.44. The first-order chi connectivity index (χ1) is 6.31. The van der Waals surface area contributed by atoms with Crippen LogP contribution in [0.15, 0.2) is 0 Å². The number of piperazine rings is 1. The summed E-state index contributed by atoms with van der Waals surface area (Å²) in [6.45, 7) is 3.43. The summed E-state index contributed by atoms with van der Waals surface area (Å²) in [4.78, 5) is 4.88. The van der Waals surface area contributed by atoms with E-state index >= 15 is 0 Å². The topological polar surface area (TPSA) is 30.3 Å². The molecule has 72 valence electrons. The highest BCUT2D eigenvalue weighted by Crippen LogP contribution is 2.28. The summed E-state index contributed by atoms with van der Waals surface area (Å²) in [5.74, 6) is 0. The standard InChI is InChI=1S/C10H17N3/c1-12-6-7-13(9-2-3-9)8-10(12)4-5-11/h9-10H,2-4,6-8H2,1H3. The van der Waals surface area contributed by atoms with Gasteiger partial charge in [0.1, 0.15) is 0 Å². The molecule has 1 aliphatic heterocycles. The van der Waals surface area contributed by atoms with Crippen molar-refractivity contribution in [3.05, 3.63) is 0 Å². The molecule has 0 amide bonds. The van der Waals surface area contributed by atoms with E-state index in [2.05, 4.69) is 22.9 Å². The molecule has 0 N–H and O–H groups in total. The first-order valence-electron chi connectivity index (χ1n) is 5.12. The maximum atomic E-state index is 8.68. The van der Waals surface area contributed by atoms with Crippen molar-refractivity contribution in [3.63, 3.8) is 0 Å². The molecule has 1 saturated carbocycles. The van der Waals surface area contributed by atoms with E-state index in [4.69, 9.17) is 5.26 Å². The average molecular weight is 179 g/mol. The number of nitrogens with zero attached hydrogens (tertiary/aromatic N) is 3. The van der Waals surface area contributed by atoms with E-state index in [0.717, 1.165) is 19.1 Å². The molecule has 0 aromatic heterocycles. The Morgan fingerprint density at radius 3 is 2.77 bits per heavy atom. The SMILES string of the molecule is CN1CCN(C2CC2)CC1CC#N. The van der Waals surface area contributed by atoms with Gasteiger partial charge in [0.2, 0.25) is 0 Å². The number of rotatable bonds is 2. The van der Waals surface area contributed by atoms with E-state index in [1.807, 2.05) is 0 Å². The molecular formula is C10H17N3. The van der Waals surface area contributed by atoms with Crippen molar-refractivity contribution in [2.75, 3.05) is 26.7 Å². The Morgan fingerprint density at radius 1 is 1.38 bits per heavy atom. The first kappa shape index (κ1) is 8.98. The number of nitriles is 1. The summed E-state index contributed by atoms with van der Waals surface area (Å²) in [6, 6.07) is 3.61. The first-order valence-corrected chi connectivity index (χ1v) is 5.12. The van der Waals surface area contributed by atoms with Crippen LogP contribution in [0.4, 0.5) is 0 Å². The molecule has 2 rings (SSSR count). The van der Waals surface area contributed by atoms with E-state index in [1.165, 1.54) is 19.4 Å². The molecule has 0 aromatic carbocycles. The summed E-state index contributed by atoms with van der Waals surface area (Å²) in [5.41, 5.74) is 0. The lowest BCUT2D eigenvalue weighted by molar-refractivity contribution is 0.0923. The molecule has 1 unspecified atom stereocenters. The fraction of sp³-hybridized carbons (Fsp3) is 0.900. The third-order valence-electron chi connectivity index (χ3n) is 3.20. The van der Waals surface area contributed by atoms with Gasteiger partial charge < -0.3 is 0 Å². The Labute approximate surface area is 79.9 Å². The highest BCUT2D eigenvalue weighted by molar-refractivity contribution is 4.93. The second-order valence-corrected chi connectivity index (χ2v) is 4.22. The Hall–Kier alpha value is -0.590. The maximum Gasteiger partial charge on any atom is 0.0638 e. The summed E-state index contributed by atoms with van der Waals surface area (Å²) < 4.78 is 0. The lowest BCUT2D eigenvalue weighted by atomic mass is 10.1. The molecule has 13 heavy (non-hydrogen) atoms.